The normalized spacial score (nSPS) is 24.8. The summed E-state index contributed by atoms with van der Waals surface area (Å²) in [5, 5.41) is 9.85. The fourth-order valence-electron chi connectivity index (χ4n) is 3.92. The molecule has 0 saturated carbocycles. The Labute approximate surface area is 141 Å². The maximum atomic E-state index is 12.5. The lowest BCUT2D eigenvalue weighted by molar-refractivity contribution is -0.00230. The Kier molecular flexibility index (Phi) is 3.48. The van der Waals surface area contributed by atoms with Crippen molar-refractivity contribution in [2.24, 2.45) is 5.41 Å². The van der Waals surface area contributed by atoms with Crippen molar-refractivity contribution in [3.8, 4) is 6.07 Å². The number of fused-ring (bicyclic) bond motifs is 3. The number of hydrogen-bond donors (Lipinski definition) is 0. The van der Waals surface area contributed by atoms with Crippen LogP contribution in [-0.2, 0) is 19.6 Å². The topological polar surface area (TPSA) is 71.8 Å². The molecule has 3 rings (SSSR count). The van der Waals surface area contributed by atoms with Crippen molar-refractivity contribution in [2.45, 2.75) is 32.4 Å². The van der Waals surface area contributed by atoms with E-state index >= 15 is 0 Å². The fourth-order valence-corrected chi connectivity index (χ4v) is 3.92. The molecule has 2 heterocycles. The standard InChI is InChI=1S/C18H20N2O4/c1-17(2,3)18-11-8-6-7-9-13(11)20(16(21)23-5)15(18)24-14(22-4)12(18)10-19/h6-9,15H,1-5H3. The van der Waals surface area contributed by atoms with E-state index in [1.54, 1.807) is 0 Å². The largest absolute Gasteiger partial charge is 0.468 e. The van der Waals surface area contributed by atoms with Gasteiger partial charge < -0.3 is 14.2 Å². The summed E-state index contributed by atoms with van der Waals surface area (Å²) < 4.78 is 16.2. The van der Waals surface area contributed by atoms with Crippen molar-refractivity contribution in [1.82, 2.24) is 0 Å². The maximum Gasteiger partial charge on any atom is 0.417 e. The summed E-state index contributed by atoms with van der Waals surface area (Å²) in [6, 6.07) is 9.75. The Balaban J connectivity index is 2.38. The van der Waals surface area contributed by atoms with Gasteiger partial charge in [-0.25, -0.2) is 9.69 Å². The molecule has 24 heavy (non-hydrogen) atoms. The Hall–Kier alpha value is -2.68. The molecular formula is C18H20N2O4. The van der Waals surface area contributed by atoms with Gasteiger partial charge in [0.25, 0.3) is 5.95 Å². The van der Waals surface area contributed by atoms with Crippen molar-refractivity contribution in [1.29, 1.82) is 5.26 Å². The lowest BCUT2D eigenvalue weighted by Gasteiger charge is -2.41. The van der Waals surface area contributed by atoms with Crippen LogP contribution in [0.2, 0.25) is 0 Å². The van der Waals surface area contributed by atoms with Gasteiger partial charge in [0.1, 0.15) is 17.1 Å². The van der Waals surface area contributed by atoms with Gasteiger partial charge in [-0.1, -0.05) is 39.0 Å². The van der Waals surface area contributed by atoms with Crippen molar-refractivity contribution in [3.63, 3.8) is 0 Å². The van der Waals surface area contributed by atoms with Gasteiger partial charge in [-0.05, 0) is 17.0 Å². The molecular weight excluding hydrogens is 308 g/mol. The van der Waals surface area contributed by atoms with Gasteiger partial charge in [-0.3, -0.25) is 0 Å². The van der Waals surface area contributed by atoms with Crippen LogP contribution >= 0.6 is 0 Å². The minimum atomic E-state index is -0.835. The van der Waals surface area contributed by atoms with E-state index in [4.69, 9.17) is 14.2 Å². The number of ether oxygens (including phenoxy) is 3. The molecule has 0 spiro atoms. The van der Waals surface area contributed by atoms with Crippen LogP contribution in [0.3, 0.4) is 0 Å². The summed E-state index contributed by atoms with van der Waals surface area (Å²) in [7, 11) is 2.78. The number of carbonyl (C=O) groups is 1. The number of carbonyl (C=O) groups excluding carboxylic acids is 1. The second-order valence-electron chi connectivity index (χ2n) is 6.86. The summed E-state index contributed by atoms with van der Waals surface area (Å²) in [6.07, 6.45) is -1.26. The van der Waals surface area contributed by atoms with Gasteiger partial charge in [-0.15, -0.1) is 0 Å². The number of para-hydroxylation sites is 1. The highest BCUT2D eigenvalue weighted by Gasteiger charge is 2.67. The Morgan fingerprint density at radius 1 is 1.33 bits per heavy atom. The van der Waals surface area contributed by atoms with Crippen LogP contribution in [-0.4, -0.2) is 26.5 Å². The molecule has 0 aromatic heterocycles. The third-order valence-corrected chi connectivity index (χ3v) is 4.86. The van der Waals surface area contributed by atoms with Gasteiger partial charge in [0.15, 0.2) is 6.23 Å². The van der Waals surface area contributed by atoms with E-state index in [9.17, 15) is 10.1 Å². The van der Waals surface area contributed by atoms with Gasteiger partial charge in [-0.2, -0.15) is 5.26 Å². The molecule has 126 valence electrons. The summed E-state index contributed by atoms with van der Waals surface area (Å²) in [5.41, 5.74) is 0.685. The lowest BCUT2D eigenvalue weighted by Crippen LogP contribution is -2.52. The van der Waals surface area contributed by atoms with Gasteiger partial charge in [0, 0.05) is 0 Å². The van der Waals surface area contributed by atoms with Crippen molar-refractivity contribution in [3.05, 3.63) is 41.3 Å². The first-order chi connectivity index (χ1) is 11.3. The number of benzene rings is 1. The quantitative estimate of drug-likeness (QED) is 0.791. The average Bonchev–Trinajstić information content (AvgIpc) is 3.03. The Morgan fingerprint density at radius 2 is 2.00 bits per heavy atom. The van der Waals surface area contributed by atoms with E-state index in [2.05, 4.69) is 6.07 Å². The highest BCUT2D eigenvalue weighted by molar-refractivity contribution is 5.93. The average molecular weight is 328 g/mol. The summed E-state index contributed by atoms with van der Waals surface area (Å²) >= 11 is 0. The Morgan fingerprint density at radius 3 is 2.54 bits per heavy atom. The molecule has 0 bridgehead atoms. The SMILES string of the molecule is COC(=O)N1c2ccccc2C2(C(C)(C)C)C(C#N)=C(OC)OC12. The number of rotatable bonds is 1. The minimum absolute atomic E-state index is 0.154. The zero-order chi connectivity index (χ0) is 17.7. The molecule has 0 fully saturated rings. The molecule has 0 aliphatic carbocycles. The molecule has 0 radical (unpaired) electrons. The first-order valence-electron chi connectivity index (χ1n) is 7.66. The fraction of sp³-hybridized carbons (Fsp3) is 0.444. The van der Waals surface area contributed by atoms with Crippen LogP contribution in [0.1, 0.15) is 26.3 Å². The van der Waals surface area contributed by atoms with Gasteiger partial charge in [0.05, 0.1) is 19.9 Å². The van der Waals surface area contributed by atoms with Gasteiger partial charge >= 0.3 is 6.09 Å². The Bertz CT molecular complexity index is 772. The highest BCUT2D eigenvalue weighted by Crippen LogP contribution is 2.62. The predicted molar refractivity (Wildman–Crippen MR) is 87.0 cm³/mol. The van der Waals surface area contributed by atoms with Crippen LogP contribution in [0.25, 0.3) is 0 Å². The molecule has 2 aliphatic heterocycles. The van der Waals surface area contributed by atoms with Crippen LogP contribution in [0, 0.1) is 16.7 Å². The first-order valence-corrected chi connectivity index (χ1v) is 7.66. The van der Waals surface area contributed by atoms with E-state index in [1.807, 2.05) is 45.0 Å². The summed E-state index contributed by atoms with van der Waals surface area (Å²) in [4.78, 5) is 13.9. The van der Waals surface area contributed by atoms with E-state index < -0.39 is 23.2 Å². The van der Waals surface area contributed by atoms with Crippen molar-refractivity contribution >= 4 is 11.8 Å². The molecule has 6 heteroatoms. The molecule has 0 saturated heterocycles. The lowest BCUT2D eigenvalue weighted by atomic mass is 9.59. The van der Waals surface area contributed by atoms with Gasteiger partial charge in [0.2, 0.25) is 0 Å². The minimum Gasteiger partial charge on any atom is -0.468 e. The maximum absolute atomic E-state index is 12.5. The number of nitriles is 1. The molecule has 6 nitrogen and oxygen atoms in total. The number of anilines is 1. The smallest absolute Gasteiger partial charge is 0.417 e. The molecule has 1 amide bonds. The predicted octanol–water partition coefficient (Wildman–Crippen LogP) is 3.29. The van der Waals surface area contributed by atoms with E-state index in [0.717, 1.165) is 5.56 Å². The molecule has 2 aliphatic rings. The molecule has 1 aromatic rings. The van der Waals surface area contributed by atoms with Crippen LogP contribution in [0.5, 0.6) is 0 Å². The zero-order valence-corrected chi connectivity index (χ0v) is 14.4. The highest BCUT2D eigenvalue weighted by atomic mass is 16.7. The third-order valence-electron chi connectivity index (χ3n) is 4.86. The van der Waals surface area contributed by atoms with Crippen LogP contribution in [0.15, 0.2) is 35.8 Å². The number of amides is 1. The second-order valence-corrected chi connectivity index (χ2v) is 6.86. The molecule has 2 atom stereocenters. The van der Waals surface area contributed by atoms with Crippen molar-refractivity contribution < 1.29 is 19.0 Å². The third kappa shape index (κ3) is 1.72. The second kappa shape index (κ2) is 5.17. The van der Waals surface area contributed by atoms with Crippen LogP contribution < -0.4 is 4.90 Å². The monoisotopic (exact) mass is 328 g/mol. The number of hydrogen-bond acceptors (Lipinski definition) is 5. The number of methoxy groups -OCH3 is 2. The van der Waals surface area contributed by atoms with Crippen molar-refractivity contribution in [2.75, 3.05) is 19.1 Å². The first kappa shape index (κ1) is 16.2. The van der Waals surface area contributed by atoms with E-state index in [0.29, 0.717) is 11.3 Å². The van der Waals surface area contributed by atoms with Crippen LogP contribution in [0.4, 0.5) is 10.5 Å². The molecule has 2 unspecified atom stereocenters. The zero-order valence-electron chi connectivity index (χ0n) is 14.4. The summed E-state index contributed by atoms with van der Waals surface area (Å²) in [5.74, 6) is 0.154. The molecule has 0 N–H and O–H groups in total. The van der Waals surface area contributed by atoms with E-state index in [1.165, 1.54) is 19.1 Å². The summed E-state index contributed by atoms with van der Waals surface area (Å²) in [6.45, 7) is 6.07. The van der Waals surface area contributed by atoms with E-state index in [-0.39, 0.29) is 5.95 Å². The number of nitrogens with zero attached hydrogens (tertiary/aromatic N) is 2. The molecule has 1 aromatic carbocycles.